The van der Waals surface area contributed by atoms with Crippen LogP contribution in [-0.4, -0.2) is 12.9 Å². The van der Waals surface area contributed by atoms with Crippen molar-refractivity contribution in [2.45, 2.75) is 13.8 Å². The van der Waals surface area contributed by atoms with Gasteiger partial charge in [-0.1, -0.05) is 29.8 Å². The summed E-state index contributed by atoms with van der Waals surface area (Å²) in [5.41, 5.74) is 2.37. The minimum absolute atomic E-state index is 0.0167. The third-order valence-corrected chi connectivity index (χ3v) is 3.05. The Morgan fingerprint density at radius 3 is 2.53 bits per heavy atom. The SMILES string of the molecule is COc1cccc(F)c1C(=O)c1ccc(C)cc1C. The Kier molecular flexibility index (Phi) is 3.65. The monoisotopic (exact) mass is 258 g/mol. The molecule has 19 heavy (non-hydrogen) atoms. The second-order valence-corrected chi connectivity index (χ2v) is 4.46. The summed E-state index contributed by atoms with van der Waals surface area (Å²) in [4.78, 5) is 12.5. The average molecular weight is 258 g/mol. The minimum atomic E-state index is -0.565. The number of ketones is 1. The summed E-state index contributed by atoms with van der Waals surface area (Å²) in [5.74, 6) is -0.665. The summed E-state index contributed by atoms with van der Waals surface area (Å²) in [6, 6.07) is 9.83. The highest BCUT2D eigenvalue weighted by atomic mass is 19.1. The number of hydrogen-bond donors (Lipinski definition) is 0. The molecule has 2 rings (SSSR count). The number of ether oxygens (including phenoxy) is 1. The van der Waals surface area contributed by atoms with Crippen LogP contribution in [0.4, 0.5) is 4.39 Å². The van der Waals surface area contributed by atoms with Gasteiger partial charge < -0.3 is 4.74 Å². The molecule has 2 aromatic rings. The van der Waals surface area contributed by atoms with E-state index in [1.54, 1.807) is 12.1 Å². The second-order valence-electron chi connectivity index (χ2n) is 4.46. The highest BCUT2D eigenvalue weighted by molar-refractivity contribution is 6.11. The summed E-state index contributed by atoms with van der Waals surface area (Å²) in [6.07, 6.45) is 0. The smallest absolute Gasteiger partial charge is 0.199 e. The Bertz CT molecular complexity index is 633. The van der Waals surface area contributed by atoms with Crippen LogP contribution in [0.25, 0.3) is 0 Å². The van der Waals surface area contributed by atoms with Crippen LogP contribution in [0.3, 0.4) is 0 Å². The first kappa shape index (κ1) is 13.3. The van der Waals surface area contributed by atoms with E-state index < -0.39 is 5.82 Å². The lowest BCUT2D eigenvalue weighted by atomic mass is 9.96. The molecule has 0 radical (unpaired) electrons. The lowest BCUT2D eigenvalue weighted by molar-refractivity contribution is 0.103. The lowest BCUT2D eigenvalue weighted by Crippen LogP contribution is -2.08. The third kappa shape index (κ3) is 2.50. The van der Waals surface area contributed by atoms with Gasteiger partial charge in [0.15, 0.2) is 5.78 Å². The largest absolute Gasteiger partial charge is 0.496 e. The Morgan fingerprint density at radius 2 is 1.89 bits per heavy atom. The molecule has 0 saturated heterocycles. The van der Waals surface area contributed by atoms with Gasteiger partial charge in [-0.3, -0.25) is 4.79 Å². The Morgan fingerprint density at radius 1 is 1.16 bits per heavy atom. The normalized spacial score (nSPS) is 10.3. The first-order chi connectivity index (χ1) is 9.04. The van der Waals surface area contributed by atoms with Gasteiger partial charge in [0.05, 0.1) is 7.11 Å². The Balaban J connectivity index is 2.56. The number of rotatable bonds is 3. The molecule has 0 spiro atoms. The topological polar surface area (TPSA) is 26.3 Å². The van der Waals surface area contributed by atoms with Crippen molar-refractivity contribution in [1.82, 2.24) is 0 Å². The van der Waals surface area contributed by atoms with E-state index in [-0.39, 0.29) is 17.1 Å². The van der Waals surface area contributed by atoms with E-state index in [0.717, 1.165) is 11.1 Å². The number of benzene rings is 2. The minimum Gasteiger partial charge on any atom is -0.496 e. The van der Waals surface area contributed by atoms with Crippen LogP contribution in [0.2, 0.25) is 0 Å². The fourth-order valence-electron chi connectivity index (χ4n) is 2.10. The molecule has 0 amide bonds. The summed E-state index contributed by atoms with van der Waals surface area (Å²) >= 11 is 0. The molecule has 0 bridgehead atoms. The molecule has 0 fully saturated rings. The molecule has 2 aromatic carbocycles. The van der Waals surface area contributed by atoms with Crippen molar-refractivity contribution in [3.05, 3.63) is 64.5 Å². The van der Waals surface area contributed by atoms with Gasteiger partial charge in [-0.05, 0) is 31.5 Å². The van der Waals surface area contributed by atoms with Gasteiger partial charge in [-0.15, -0.1) is 0 Å². The molecule has 0 saturated carbocycles. The van der Waals surface area contributed by atoms with Crippen LogP contribution in [0.1, 0.15) is 27.0 Å². The molecule has 0 aromatic heterocycles. The van der Waals surface area contributed by atoms with Crippen LogP contribution in [0.5, 0.6) is 5.75 Å². The quantitative estimate of drug-likeness (QED) is 0.785. The zero-order chi connectivity index (χ0) is 14.0. The maximum absolute atomic E-state index is 13.9. The van der Waals surface area contributed by atoms with Crippen molar-refractivity contribution in [2.75, 3.05) is 7.11 Å². The number of carbonyl (C=O) groups is 1. The summed E-state index contributed by atoms with van der Waals surface area (Å²) in [6.45, 7) is 3.79. The average Bonchev–Trinajstić information content (AvgIpc) is 2.37. The van der Waals surface area contributed by atoms with E-state index in [0.29, 0.717) is 5.56 Å². The van der Waals surface area contributed by atoms with Crippen LogP contribution < -0.4 is 4.74 Å². The first-order valence-corrected chi connectivity index (χ1v) is 5.99. The molecule has 3 heteroatoms. The van der Waals surface area contributed by atoms with Crippen molar-refractivity contribution < 1.29 is 13.9 Å². The molecule has 0 atom stereocenters. The third-order valence-electron chi connectivity index (χ3n) is 3.05. The molecule has 2 nitrogen and oxygen atoms in total. The van der Waals surface area contributed by atoms with Gasteiger partial charge in [-0.2, -0.15) is 0 Å². The number of hydrogen-bond acceptors (Lipinski definition) is 2. The van der Waals surface area contributed by atoms with Crippen molar-refractivity contribution >= 4 is 5.78 Å². The van der Waals surface area contributed by atoms with Crippen LogP contribution in [-0.2, 0) is 0 Å². The Hall–Kier alpha value is -2.16. The predicted octanol–water partition coefficient (Wildman–Crippen LogP) is 3.68. The van der Waals surface area contributed by atoms with Gasteiger partial charge in [0.25, 0.3) is 0 Å². The van der Waals surface area contributed by atoms with E-state index >= 15 is 0 Å². The van der Waals surface area contributed by atoms with E-state index in [1.807, 2.05) is 26.0 Å². The zero-order valence-corrected chi connectivity index (χ0v) is 11.2. The van der Waals surface area contributed by atoms with Crippen molar-refractivity contribution in [3.63, 3.8) is 0 Å². The maximum atomic E-state index is 13.9. The molecular formula is C16H15FO2. The fourth-order valence-corrected chi connectivity index (χ4v) is 2.10. The van der Waals surface area contributed by atoms with Crippen molar-refractivity contribution in [2.24, 2.45) is 0 Å². The van der Waals surface area contributed by atoms with Crippen molar-refractivity contribution in [1.29, 1.82) is 0 Å². The first-order valence-electron chi connectivity index (χ1n) is 5.99. The van der Waals surface area contributed by atoms with Crippen LogP contribution in [0, 0.1) is 19.7 Å². The molecule has 0 aliphatic rings. The van der Waals surface area contributed by atoms with E-state index in [2.05, 4.69) is 0 Å². The summed E-state index contributed by atoms with van der Waals surface area (Å²) < 4.78 is 19.0. The maximum Gasteiger partial charge on any atom is 0.199 e. The van der Waals surface area contributed by atoms with Crippen LogP contribution in [0.15, 0.2) is 36.4 Å². The molecule has 0 unspecified atom stereocenters. The standard InChI is InChI=1S/C16H15FO2/c1-10-7-8-12(11(2)9-10)16(18)15-13(17)5-4-6-14(15)19-3/h4-9H,1-3H3. The molecule has 0 N–H and O–H groups in total. The van der Waals surface area contributed by atoms with Gasteiger partial charge in [0.2, 0.25) is 0 Å². The van der Waals surface area contributed by atoms with Crippen molar-refractivity contribution in [3.8, 4) is 5.75 Å². The summed E-state index contributed by atoms with van der Waals surface area (Å²) in [7, 11) is 1.42. The van der Waals surface area contributed by atoms with E-state index in [1.165, 1.54) is 19.2 Å². The fraction of sp³-hybridized carbons (Fsp3) is 0.188. The number of aryl methyl sites for hydroxylation is 2. The van der Waals surface area contributed by atoms with Gasteiger partial charge >= 0.3 is 0 Å². The molecule has 98 valence electrons. The molecular weight excluding hydrogens is 243 g/mol. The summed E-state index contributed by atoms with van der Waals surface area (Å²) in [5, 5.41) is 0. The highest BCUT2D eigenvalue weighted by Gasteiger charge is 2.20. The molecule has 0 aliphatic carbocycles. The van der Waals surface area contributed by atoms with Gasteiger partial charge in [0, 0.05) is 5.56 Å². The number of methoxy groups -OCH3 is 1. The van der Waals surface area contributed by atoms with Gasteiger partial charge in [0.1, 0.15) is 17.1 Å². The second kappa shape index (κ2) is 5.22. The predicted molar refractivity (Wildman–Crippen MR) is 72.3 cm³/mol. The lowest BCUT2D eigenvalue weighted by Gasteiger charge is -2.10. The zero-order valence-electron chi connectivity index (χ0n) is 11.2. The Labute approximate surface area is 111 Å². The van der Waals surface area contributed by atoms with E-state index in [9.17, 15) is 9.18 Å². The number of halogens is 1. The van der Waals surface area contributed by atoms with Gasteiger partial charge in [-0.25, -0.2) is 4.39 Å². The molecule has 0 heterocycles. The van der Waals surface area contributed by atoms with Crippen LogP contribution >= 0.6 is 0 Å². The van der Waals surface area contributed by atoms with E-state index in [4.69, 9.17) is 4.74 Å². The molecule has 0 aliphatic heterocycles. The highest BCUT2D eigenvalue weighted by Crippen LogP contribution is 2.25. The number of carbonyl (C=O) groups excluding carboxylic acids is 1.